The quantitative estimate of drug-likeness (QED) is 0.600. The fourth-order valence-electron chi connectivity index (χ4n) is 1.77. The summed E-state index contributed by atoms with van der Waals surface area (Å²) in [5.74, 6) is -0.280. The highest BCUT2D eigenvalue weighted by atomic mass is 19.4. The molecule has 0 radical (unpaired) electrons. The van der Waals surface area contributed by atoms with Crippen LogP contribution in [0.4, 0.5) is 13.2 Å². The summed E-state index contributed by atoms with van der Waals surface area (Å²) in [4.78, 5) is 11.9. The maximum absolute atomic E-state index is 12.4. The molecule has 2 rings (SSSR count). The molecule has 0 aliphatic heterocycles. The lowest BCUT2D eigenvalue weighted by molar-refractivity contribution is -0.137. The van der Waals surface area contributed by atoms with Crippen LogP contribution in [0.3, 0.4) is 0 Å². The SMILES string of the molecule is Cc1ccc(C)c(OC(=O)c2ccc(C(F)(F)F)cc2)c1. The highest BCUT2D eigenvalue weighted by molar-refractivity contribution is 5.91. The van der Waals surface area contributed by atoms with Crippen molar-refractivity contribution in [2.24, 2.45) is 0 Å². The maximum Gasteiger partial charge on any atom is 0.416 e. The molecular formula is C16H13F3O2. The summed E-state index contributed by atoms with van der Waals surface area (Å²) in [6, 6.07) is 9.33. The molecule has 0 aromatic heterocycles. The Bertz CT molecular complexity index is 658. The average Bonchev–Trinajstić information content (AvgIpc) is 2.42. The third kappa shape index (κ3) is 3.62. The van der Waals surface area contributed by atoms with Crippen LogP contribution in [0.1, 0.15) is 27.0 Å². The smallest absolute Gasteiger partial charge is 0.416 e. The van der Waals surface area contributed by atoms with Gasteiger partial charge in [-0.3, -0.25) is 0 Å². The molecule has 0 heterocycles. The zero-order valence-electron chi connectivity index (χ0n) is 11.5. The van der Waals surface area contributed by atoms with E-state index in [-0.39, 0.29) is 5.56 Å². The van der Waals surface area contributed by atoms with Crippen molar-refractivity contribution in [1.82, 2.24) is 0 Å². The summed E-state index contributed by atoms with van der Waals surface area (Å²) >= 11 is 0. The summed E-state index contributed by atoms with van der Waals surface area (Å²) in [6.45, 7) is 3.64. The minimum Gasteiger partial charge on any atom is -0.423 e. The number of hydrogen-bond donors (Lipinski definition) is 0. The first-order valence-electron chi connectivity index (χ1n) is 6.24. The first-order chi connectivity index (χ1) is 9.77. The molecule has 21 heavy (non-hydrogen) atoms. The molecule has 5 heteroatoms. The molecule has 0 saturated heterocycles. The van der Waals surface area contributed by atoms with E-state index in [0.29, 0.717) is 5.75 Å². The number of ether oxygens (including phenoxy) is 1. The van der Waals surface area contributed by atoms with E-state index < -0.39 is 17.7 Å². The molecule has 110 valence electrons. The van der Waals surface area contributed by atoms with Crippen molar-refractivity contribution in [3.8, 4) is 5.75 Å². The summed E-state index contributed by atoms with van der Waals surface area (Å²) in [5, 5.41) is 0. The monoisotopic (exact) mass is 294 g/mol. The van der Waals surface area contributed by atoms with Crippen LogP contribution in [0.5, 0.6) is 5.75 Å². The van der Waals surface area contributed by atoms with Crippen LogP contribution in [0.15, 0.2) is 42.5 Å². The second kappa shape index (κ2) is 5.60. The Hall–Kier alpha value is -2.30. The maximum atomic E-state index is 12.4. The zero-order valence-corrected chi connectivity index (χ0v) is 11.5. The van der Waals surface area contributed by atoms with Crippen LogP contribution in [0.2, 0.25) is 0 Å². The molecule has 0 unspecified atom stereocenters. The second-order valence-corrected chi connectivity index (χ2v) is 4.73. The van der Waals surface area contributed by atoms with Crippen LogP contribution >= 0.6 is 0 Å². The summed E-state index contributed by atoms with van der Waals surface area (Å²) in [6.07, 6.45) is -4.42. The van der Waals surface area contributed by atoms with Gasteiger partial charge < -0.3 is 4.74 Å². The topological polar surface area (TPSA) is 26.3 Å². The van der Waals surface area contributed by atoms with E-state index in [1.54, 1.807) is 13.0 Å². The van der Waals surface area contributed by atoms with Crippen molar-refractivity contribution < 1.29 is 22.7 Å². The van der Waals surface area contributed by atoms with Crippen LogP contribution in [0.25, 0.3) is 0 Å². The number of alkyl halides is 3. The predicted octanol–water partition coefficient (Wildman–Crippen LogP) is 4.54. The molecule has 0 saturated carbocycles. The standard InChI is InChI=1S/C16H13F3O2/c1-10-3-4-11(2)14(9-10)21-15(20)12-5-7-13(8-6-12)16(17,18)19/h3-9H,1-2H3. The number of rotatable bonds is 2. The minimum absolute atomic E-state index is 0.0731. The number of benzene rings is 2. The van der Waals surface area contributed by atoms with Crippen molar-refractivity contribution in [3.05, 3.63) is 64.7 Å². The van der Waals surface area contributed by atoms with Gasteiger partial charge in [-0.2, -0.15) is 13.2 Å². The van der Waals surface area contributed by atoms with E-state index in [9.17, 15) is 18.0 Å². The summed E-state index contributed by atoms with van der Waals surface area (Å²) in [5.41, 5.74) is 0.978. The molecule has 0 aliphatic carbocycles. The summed E-state index contributed by atoms with van der Waals surface area (Å²) < 4.78 is 42.6. The fourth-order valence-corrected chi connectivity index (χ4v) is 1.77. The fraction of sp³-hybridized carbons (Fsp3) is 0.188. The van der Waals surface area contributed by atoms with Gasteiger partial charge in [-0.25, -0.2) is 4.79 Å². The minimum atomic E-state index is -4.42. The van der Waals surface area contributed by atoms with Gasteiger partial charge in [0.05, 0.1) is 11.1 Å². The van der Waals surface area contributed by atoms with E-state index >= 15 is 0 Å². The number of carbonyl (C=O) groups excluding carboxylic acids is 1. The Labute approximate surface area is 120 Å². The number of hydrogen-bond acceptors (Lipinski definition) is 2. The Morgan fingerprint density at radius 2 is 1.62 bits per heavy atom. The molecule has 0 N–H and O–H groups in total. The molecule has 0 atom stereocenters. The van der Waals surface area contributed by atoms with Crippen molar-refractivity contribution in [2.75, 3.05) is 0 Å². The first-order valence-corrected chi connectivity index (χ1v) is 6.24. The van der Waals surface area contributed by atoms with Gasteiger partial charge in [0, 0.05) is 0 Å². The number of esters is 1. The van der Waals surface area contributed by atoms with E-state index in [1.807, 2.05) is 19.1 Å². The van der Waals surface area contributed by atoms with Crippen molar-refractivity contribution >= 4 is 5.97 Å². The van der Waals surface area contributed by atoms with E-state index in [2.05, 4.69) is 0 Å². The van der Waals surface area contributed by atoms with Gasteiger partial charge >= 0.3 is 12.1 Å². The largest absolute Gasteiger partial charge is 0.423 e. The van der Waals surface area contributed by atoms with Gasteiger partial charge in [0.25, 0.3) is 0 Å². The van der Waals surface area contributed by atoms with Crippen molar-refractivity contribution in [3.63, 3.8) is 0 Å². The van der Waals surface area contributed by atoms with E-state index in [1.165, 1.54) is 0 Å². The molecule has 0 amide bonds. The van der Waals surface area contributed by atoms with Crippen LogP contribution < -0.4 is 4.74 Å². The third-order valence-corrected chi connectivity index (χ3v) is 2.99. The van der Waals surface area contributed by atoms with Gasteiger partial charge in [0.1, 0.15) is 5.75 Å². The predicted molar refractivity (Wildman–Crippen MR) is 72.3 cm³/mol. The van der Waals surface area contributed by atoms with Gasteiger partial charge in [-0.05, 0) is 55.3 Å². The van der Waals surface area contributed by atoms with Crippen molar-refractivity contribution in [1.29, 1.82) is 0 Å². The van der Waals surface area contributed by atoms with Crippen LogP contribution in [-0.2, 0) is 6.18 Å². The Morgan fingerprint density at radius 1 is 1.00 bits per heavy atom. The van der Waals surface area contributed by atoms with Crippen molar-refractivity contribution in [2.45, 2.75) is 20.0 Å². The van der Waals surface area contributed by atoms with Gasteiger partial charge in [-0.15, -0.1) is 0 Å². The Morgan fingerprint density at radius 3 is 2.19 bits per heavy atom. The van der Waals surface area contributed by atoms with Crippen LogP contribution in [0, 0.1) is 13.8 Å². The van der Waals surface area contributed by atoms with E-state index in [4.69, 9.17) is 4.74 Å². The van der Waals surface area contributed by atoms with E-state index in [0.717, 1.165) is 35.4 Å². The molecule has 0 spiro atoms. The highest BCUT2D eigenvalue weighted by Crippen LogP contribution is 2.29. The molecular weight excluding hydrogens is 281 g/mol. The van der Waals surface area contributed by atoms with Gasteiger partial charge in [-0.1, -0.05) is 12.1 Å². The number of aryl methyl sites for hydroxylation is 2. The summed E-state index contributed by atoms with van der Waals surface area (Å²) in [7, 11) is 0. The van der Waals surface area contributed by atoms with Crippen LogP contribution in [-0.4, -0.2) is 5.97 Å². The number of halogens is 3. The Balaban J connectivity index is 2.19. The molecule has 0 aliphatic rings. The highest BCUT2D eigenvalue weighted by Gasteiger charge is 2.30. The molecule has 2 aromatic carbocycles. The first kappa shape index (κ1) is 15.1. The molecule has 2 nitrogen and oxygen atoms in total. The molecule has 0 fully saturated rings. The third-order valence-electron chi connectivity index (χ3n) is 2.99. The lowest BCUT2D eigenvalue weighted by atomic mass is 10.1. The molecule has 2 aromatic rings. The van der Waals surface area contributed by atoms with Gasteiger partial charge in [0.15, 0.2) is 0 Å². The lowest BCUT2D eigenvalue weighted by Gasteiger charge is -2.09. The number of carbonyl (C=O) groups is 1. The van der Waals surface area contributed by atoms with Gasteiger partial charge in [0.2, 0.25) is 0 Å². The molecule has 0 bridgehead atoms. The zero-order chi connectivity index (χ0) is 15.6. The average molecular weight is 294 g/mol. The lowest BCUT2D eigenvalue weighted by Crippen LogP contribution is -2.11. The normalized spacial score (nSPS) is 11.3. The second-order valence-electron chi connectivity index (χ2n) is 4.73. The Kier molecular flexibility index (Phi) is 4.02.